The van der Waals surface area contributed by atoms with Crippen molar-refractivity contribution in [2.45, 2.75) is 31.8 Å². The molecule has 186 valence electrons. The Morgan fingerprint density at radius 2 is 1.86 bits per heavy atom. The molecular formula is C28H33ClN2O4. The normalized spacial score (nSPS) is 15.5. The van der Waals surface area contributed by atoms with Gasteiger partial charge in [0.2, 0.25) is 0 Å². The van der Waals surface area contributed by atoms with Crippen molar-refractivity contribution in [3.05, 3.63) is 82.8 Å². The molecular weight excluding hydrogens is 464 g/mol. The number of likely N-dealkylation sites (tertiary alicyclic amines) is 1. The number of nitrogens with zero attached hydrogens (tertiary/aromatic N) is 2. The highest BCUT2D eigenvalue weighted by Crippen LogP contribution is 2.31. The van der Waals surface area contributed by atoms with Crippen LogP contribution in [0.1, 0.15) is 34.5 Å². The second-order valence-corrected chi connectivity index (χ2v) is 9.45. The molecule has 0 unspecified atom stereocenters. The number of carbonyl (C=O) groups is 1. The fourth-order valence-corrected chi connectivity index (χ4v) is 5.17. The van der Waals surface area contributed by atoms with E-state index in [1.54, 1.807) is 26.4 Å². The zero-order chi connectivity index (χ0) is 24.8. The predicted molar refractivity (Wildman–Crippen MR) is 137 cm³/mol. The number of methoxy groups -OCH3 is 2. The summed E-state index contributed by atoms with van der Waals surface area (Å²) in [6.45, 7) is 2.71. The molecule has 1 saturated heterocycles. The van der Waals surface area contributed by atoms with Crippen molar-refractivity contribution in [3.8, 4) is 11.5 Å². The van der Waals surface area contributed by atoms with Gasteiger partial charge >= 0.3 is 0 Å². The number of ether oxygens (including phenoxy) is 2. The number of carbonyl (C=O) groups excluding carboxylic acids is 1. The number of piperidine rings is 1. The molecule has 0 aliphatic carbocycles. The molecule has 0 N–H and O–H groups in total. The Balaban J connectivity index is 1.47. The second kappa shape index (κ2) is 11.6. The SMILES string of the molecule is COc1ccc(CN2CCC([C@@H](Cc3ccccc3Cl)N(C)C(=O)c3ccco3)CC2)c(OC)c1. The van der Waals surface area contributed by atoms with E-state index in [-0.39, 0.29) is 11.9 Å². The molecule has 4 rings (SSSR count). The van der Waals surface area contributed by atoms with Crippen LogP contribution in [0.2, 0.25) is 5.02 Å². The Bertz CT molecular complexity index is 1110. The monoisotopic (exact) mass is 496 g/mol. The number of likely N-dealkylation sites (N-methyl/N-ethyl adjacent to an activating group) is 1. The number of rotatable bonds is 9. The van der Waals surface area contributed by atoms with Gasteiger partial charge in [-0.05, 0) is 68.1 Å². The van der Waals surface area contributed by atoms with Crippen molar-refractivity contribution in [1.82, 2.24) is 9.80 Å². The Morgan fingerprint density at radius 1 is 1.09 bits per heavy atom. The third-order valence-corrected chi connectivity index (χ3v) is 7.37. The number of amides is 1. The Kier molecular flexibility index (Phi) is 8.37. The molecule has 0 radical (unpaired) electrons. The van der Waals surface area contributed by atoms with Crippen LogP contribution in [-0.2, 0) is 13.0 Å². The molecule has 1 fully saturated rings. The highest BCUT2D eigenvalue weighted by molar-refractivity contribution is 6.31. The summed E-state index contributed by atoms with van der Waals surface area (Å²) in [4.78, 5) is 17.4. The van der Waals surface area contributed by atoms with Gasteiger partial charge < -0.3 is 18.8 Å². The minimum atomic E-state index is -0.0996. The van der Waals surface area contributed by atoms with Crippen LogP contribution in [0.3, 0.4) is 0 Å². The average molecular weight is 497 g/mol. The van der Waals surface area contributed by atoms with Gasteiger partial charge in [-0.25, -0.2) is 0 Å². The van der Waals surface area contributed by atoms with E-state index in [1.807, 2.05) is 48.3 Å². The number of benzene rings is 2. The number of hydrogen-bond acceptors (Lipinski definition) is 5. The fourth-order valence-electron chi connectivity index (χ4n) is 4.95. The third kappa shape index (κ3) is 6.00. The number of hydrogen-bond donors (Lipinski definition) is 0. The third-order valence-electron chi connectivity index (χ3n) is 7.00. The molecule has 3 aromatic rings. The van der Waals surface area contributed by atoms with Crippen molar-refractivity contribution in [3.63, 3.8) is 0 Å². The highest BCUT2D eigenvalue weighted by Gasteiger charge is 2.33. The molecule has 1 aliphatic rings. The molecule has 0 bridgehead atoms. The Hall–Kier alpha value is -2.96. The van der Waals surface area contributed by atoms with Gasteiger partial charge in [0.25, 0.3) is 5.91 Å². The molecule has 7 heteroatoms. The Labute approximate surface area is 212 Å². The molecule has 1 atom stereocenters. The van der Waals surface area contributed by atoms with Crippen molar-refractivity contribution >= 4 is 17.5 Å². The smallest absolute Gasteiger partial charge is 0.289 e. The first-order valence-corrected chi connectivity index (χ1v) is 12.3. The molecule has 2 heterocycles. The average Bonchev–Trinajstić information content (AvgIpc) is 3.43. The molecule has 2 aromatic carbocycles. The van der Waals surface area contributed by atoms with Crippen LogP contribution in [0.15, 0.2) is 65.3 Å². The van der Waals surface area contributed by atoms with Crippen LogP contribution in [0.25, 0.3) is 0 Å². The van der Waals surface area contributed by atoms with E-state index in [9.17, 15) is 4.79 Å². The lowest BCUT2D eigenvalue weighted by Gasteiger charge is -2.40. The summed E-state index contributed by atoms with van der Waals surface area (Å²) < 4.78 is 16.3. The van der Waals surface area contributed by atoms with Crippen molar-refractivity contribution in [1.29, 1.82) is 0 Å². The second-order valence-electron chi connectivity index (χ2n) is 9.05. The summed E-state index contributed by atoms with van der Waals surface area (Å²) in [5.41, 5.74) is 2.20. The summed E-state index contributed by atoms with van der Waals surface area (Å²) in [6, 6.07) is 17.3. The van der Waals surface area contributed by atoms with Crippen LogP contribution in [0.5, 0.6) is 11.5 Å². The minimum absolute atomic E-state index is 0.0187. The van der Waals surface area contributed by atoms with E-state index in [4.69, 9.17) is 25.5 Å². The topological polar surface area (TPSA) is 55.2 Å². The Morgan fingerprint density at radius 3 is 2.51 bits per heavy atom. The zero-order valence-corrected chi connectivity index (χ0v) is 21.3. The van der Waals surface area contributed by atoms with Gasteiger partial charge in [-0.15, -0.1) is 0 Å². The van der Waals surface area contributed by atoms with E-state index in [2.05, 4.69) is 11.0 Å². The first-order valence-electron chi connectivity index (χ1n) is 12.0. The van der Waals surface area contributed by atoms with Gasteiger partial charge in [0.05, 0.1) is 20.5 Å². The lowest BCUT2D eigenvalue weighted by atomic mass is 9.84. The molecule has 6 nitrogen and oxygen atoms in total. The molecule has 35 heavy (non-hydrogen) atoms. The lowest BCUT2D eigenvalue weighted by molar-refractivity contribution is 0.0555. The summed E-state index contributed by atoms with van der Waals surface area (Å²) in [7, 11) is 5.22. The maximum absolute atomic E-state index is 13.2. The van der Waals surface area contributed by atoms with E-state index < -0.39 is 0 Å². The van der Waals surface area contributed by atoms with Crippen LogP contribution in [0.4, 0.5) is 0 Å². The predicted octanol–water partition coefficient (Wildman–Crippen LogP) is 5.55. The van der Waals surface area contributed by atoms with Gasteiger partial charge in [0.1, 0.15) is 11.5 Å². The van der Waals surface area contributed by atoms with Crippen LogP contribution in [-0.4, -0.2) is 56.1 Å². The van der Waals surface area contributed by atoms with E-state index >= 15 is 0 Å². The largest absolute Gasteiger partial charge is 0.497 e. The fraction of sp³-hybridized carbons (Fsp3) is 0.393. The van der Waals surface area contributed by atoms with Crippen molar-refractivity contribution < 1.29 is 18.7 Å². The standard InChI is InChI=1S/C28H33ClN2O4/c1-30(28(32)26-9-6-16-35-26)25(17-21-7-4-5-8-24(21)29)20-12-14-31(15-13-20)19-22-10-11-23(33-2)18-27(22)34-3/h4-11,16,18,20,25H,12-15,17,19H2,1-3H3/t25-/m1/s1. The van der Waals surface area contributed by atoms with E-state index in [0.717, 1.165) is 60.1 Å². The highest BCUT2D eigenvalue weighted by atomic mass is 35.5. The van der Waals surface area contributed by atoms with Crippen LogP contribution >= 0.6 is 11.6 Å². The summed E-state index contributed by atoms with van der Waals surface area (Å²) in [5.74, 6) is 2.24. The molecule has 1 aliphatic heterocycles. The summed E-state index contributed by atoms with van der Waals surface area (Å²) >= 11 is 6.50. The number of halogens is 1. The first-order chi connectivity index (χ1) is 17.0. The molecule has 1 amide bonds. The summed E-state index contributed by atoms with van der Waals surface area (Å²) in [5, 5.41) is 0.736. The maximum atomic E-state index is 13.2. The van der Waals surface area contributed by atoms with E-state index in [0.29, 0.717) is 18.1 Å². The first kappa shape index (κ1) is 25.1. The van der Waals surface area contributed by atoms with Gasteiger partial charge in [0.15, 0.2) is 5.76 Å². The molecule has 1 aromatic heterocycles. The van der Waals surface area contributed by atoms with Crippen LogP contribution in [0, 0.1) is 5.92 Å². The minimum Gasteiger partial charge on any atom is -0.497 e. The van der Waals surface area contributed by atoms with Gasteiger partial charge in [0, 0.05) is 36.3 Å². The van der Waals surface area contributed by atoms with Gasteiger partial charge in [-0.3, -0.25) is 9.69 Å². The van der Waals surface area contributed by atoms with Crippen molar-refractivity contribution in [2.75, 3.05) is 34.4 Å². The lowest BCUT2D eigenvalue weighted by Crippen LogP contribution is -2.47. The van der Waals surface area contributed by atoms with Gasteiger partial charge in [-0.2, -0.15) is 0 Å². The summed E-state index contributed by atoms with van der Waals surface area (Å²) in [6.07, 6.45) is 4.22. The zero-order valence-electron chi connectivity index (χ0n) is 20.6. The quantitative estimate of drug-likeness (QED) is 0.389. The molecule has 0 saturated carbocycles. The number of furan rings is 1. The van der Waals surface area contributed by atoms with Crippen LogP contribution < -0.4 is 9.47 Å². The molecule has 0 spiro atoms. The van der Waals surface area contributed by atoms with E-state index in [1.165, 1.54) is 6.26 Å². The maximum Gasteiger partial charge on any atom is 0.289 e. The van der Waals surface area contributed by atoms with Gasteiger partial charge in [-0.1, -0.05) is 35.9 Å². The van der Waals surface area contributed by atoms with Crippen molar-refractivity contribution in [2.24, 2.45) is 5.92 Å².